The molecule has 0 unspecified atom stereocenters. The molecule has 0 radical (unpaired) electrons. The Labute approximate surface area is 214 Å². The van der Waals surface area contributed by atoms with Crippen LogP contribution in [0.5, 0.6) is 5.75 Å². The number of hydrogen-bond donors (Lipinski definition) is 2. The number of amides is 3. The number of pyridine rings is 1. The van der Waals surface area contributed by atoms with Crippen LogP contribution >= 0.6 is 11.3 Å². The number of carbonyl (C=O) groups excluding carboxylic acids is 2. The summed E-state index contributed by atoms with van der Waals surface area (Å²) in [7, 11) is 0. The van der Waals surface area contributed by atoms with Crippen LogP contribution in [0.3, 0.4) is 0 Å². The van der Waals surface area contributed by atoms with Crippen molar-refractivity contribution in [2.45, 2.75) is 58.1 Å². The monoisotopic (exact) mass is 506 g/mol. The van der Waals surface area contributed by atoms with E-state index in [2.05, 4.69) is 22.5 Å². The summed E-state index contributed by atoms with van der Waals surface area (Å²) in [5.41, 5.74) is 2.97. The molecule has 2 atom stereocenters. The number of benzene rings is 1. The molecule has 1 saturated carbocycles. The molecule has 8 nitrogen and oxygen atoms in total. The van der Waals surface area contributed by atoms with Gasteiger partial charge in [0, 0.05) is 25.1 Å². The average molecular weight is 507 g/mol. The number of hydrogen-bond acceptors (Lipinski definition) is 6. The zero-order chi connectivity index (χ0) is 24.8. The molecule has 2 fully saturated rings. The van der Waals surface area contributed by atoms with Gasteiger partial charge in [0.05, 0.1) is 35.7 Å². The third-order valence-electron chi connectivity index (χ3n) is 7.51. The molecule has 2 aliphatic heterocycles. The molecular formula is C27H30N4O4S. The van der Waals surface area contributed by atoms with Gasteiger partial charge in [-0.1, -0.05) is 13.3 Å². The van der Waals surface area contributed by atoms with E-state index in [1.54, 1.807) is 11.1 Å². The van der Waals surface area contributed by atoms with Crippen molar-refractivity contribution in [2.24, 2.45) is 5.92 Å². The van der Waals surface area contributed by atoms with Gasteiger partial charge < -0.3 is 20.1 Å². The average Bonchev–Trinajstić information content (AvgIpc) is 3.45. The Morgan fingerprint density at radius 2 is 2.03 bits per heavy atom. The lowest BCUT2D eigenvalue weighted by molar-refractivity contribution is 0.0255. The van der Waals surface area contributed by atoms with E-state index in [1.807, 2.05) is 31.2 Å². The second-order valence-electron chi connectivity index (χ2n) is 9.95. The highest BCUT2D eigenvalue weighted by Crippen LogP contribution is 2.46. The topological polar surface area (TPSA) is 92.8 Å². The molecule has 1 aromatic carbocycles. The molecule has 2 N–H and O–H groups in total. The quantitative estimate of drug-likeness (QED) is 0.459. The SMILES string of the molecule is Cc1cc(OC2CCOCC2)ccc1N1C(=O)Nc2c(C(=O)N[C@@H]3CCC[C@@H]3C)sc3nccc1c23. The Bertz CT molecular complexity index is 1330. The third-order valence-corrected chi connectivity index (χ3v) is 8.61. The second-order valence-corrected chi connectivity index (χ2v) is 10.9. The molecule has 3 amide bonds. The zero-order valence-electron chi connectivity index (χ0n) is 20.5. The lowest BCUT2D eigenvalue weighted by Crippen LogP contribution is -2.38. The molecule has 6 rings (SSSR count). The molecule has 0 bridgehead atoms. The van der Waals surface area contributed by atoms with Crippen LogP contribution in [0.25, 0.3) is 10.2 Å². The molecule has 3 aliphatic rings. The van der Waals surface area contributed by atoms with E-state index in [1.165, 1.54) is 11.3 Å². The van der Waals surface area contributed by atoms with Crippen LogP contribution in [0.2, 0.25) is 0 Å². The highest BCUT2D eigenvalue weighted by Gasteiger charge is 2.34. The molecule has 9 heteroatoms. The van der Waals surface area contributed by atoms with Gasteiger partial charge in [-0.05, 0) is 55.5 Å². The summed E-state index contributed by atoms with van der Waals surface area (Å²) >= 11 is 1.33. The molecule has 3 aromatic rings. The summed E-state index contributed by atoms with van der Waals surface area (Å²) in [6.07, 6.45) is 6.84. The number of rotatable bonds is 5. The number of aryl methyl sites for hydroxylation is 1. The maximum atomic E-state index is 13.4. The Balaban J connectivity index is 1.32. The highest BCUT2D eigenvalue weighted by atomic mass is 32.1. The van der Waals surface area contributed by atoms with Crippen molar-refractivity contribution in [1.82, 2.24) is 10.3 Å². The van der Waals surface area contributed by atoms with E-state index in [-0.39, 0.29) is 24.1 Å². The van der Waals surface area contributed by atoms with Gasteiger partial charge in [0.1, 0.15) is 21.6 Å². The highest BCUT2D eigenvalue weighted by molar-refractivity contribution is 7.21. The number of carbonyl (C=O) groups is 2. The van der Waals surface area contributed by atoms with Crippen LogP contribution in [0.1, 0.15) is 54.3 Å². The summed E-state index contributed by atoms with van der Waals surface area (Å²) < 4.78 is 11.6. The first kappa shape index (κ1) is 23.2. The van der Waals surface area contributed by atoms with Crippen molar-refractivity contribution in [2.75, 3.05) is 23.4 Å². The van der Waals surface area contributed by atoms with Crippen molar-refractivity contribution in [3.63, 3.8) is 0 Å². The van der Waals surface area contributed by atoms with Gasteiger partial charge in [0.15, 0.2) is 0 Å². The van der Waals surface area contributed by atoms with Gasteiger partial charge in [-0.2, -0.15) is 0 Å². The van der Waals surface area contributed by atoms with Crippen molar-refractivity contribution >= 4 is 50.6 Å². The molecule has 36 heavy (non-hydrogen) atoms. The lowest BCUT2D eigenvalue weighted by Gasteiger charge is -2.30. The van der Waals surface area contributed by atoms with E-state index >= 15 is 0 Å². The normalized spacial score (nSPS) is 22.1. The van der Waals surface area contributed by atoms with Crippen LogP contribution < -0.4 is 20.3 Å². The van der Waals surface area contributed by atoms with Gasteiger partial charge in [-0.3, -0.25) is 9.69 Å². The second kappa shape index (κ2) is 9.37. The number of aromatic nitrogens is 1. The van der Waals surface area contributed by atoms with Crippen molar-refractivity contribution in [3.05, 3.63) is 40.9 Å². The first-order valence-corrected chi connectivity index (χ1v) is 13.5. The van der Waals surface area contributed by atoms with Gasteiger partial charge >= 0.3 is 6.03 Å². The fraction of sp³-hybridized carbons (Fsp3) is 0.444. The zero-order valence-corrected chi connectivity index (χ0v) is 21.3. The van der Waals surface area contributed by atoms with E-state index in [4.69, 9.17) is 9.47 Å². The molecule has 4 heterocycles. The van der Waals surface area contributed by atoms with Crippen LogP contribution in [-0.4, -0.2) is 42.3 Å². The molecule has 2 aromatic heterocycles. The molecule has 0 spiro atoms. The largest absolute Gasteiger partial charge is 0.490 e. The smallest absolute Gasteiger partial charge is 0.331 e. The number of ether oxygens (including phenoxy) is 2. The van der Waals surface area contributed by atoms with Crippen LogP contribution in [0.15, 0.2) is 30.5 Å². The van der Waals surface area contributed by atoms with E-state index < -0.39 is 0 Å². The van der Waals surface area contributed by atoms with Crippen molar-refractivity contribution in [1.29, 1.82) is 0 Å². The summed E-state index contributed by atoms with van der Waals surface area (Å²) in [6.45, 7) is 5.59. The Morgan fingerprint density at radius 3 is 2.78 bits per heavy atom. The predicted molar refractivity (Wildman–Crippen MR) is 141 cm³/mol. The number of thiophene rings is 1. The summed E-state index contributed by atoms with van der Waals surface area (Å²) in [6, 6.07) is 7.52. The Kier molecular flexibility index (Phi) is 6.05. The maximum absolute atomic E-state index is 13.4. The van der Waals surface area contributed by atoms with Crippen molar-refractivity contribution in [3.8, 4) is 5.75 Å². The fourth-order valence-corrected chi connectivity index (χ4v) is 6.54. The minimum atomic E-state index is -0.294. The van der Waals surface area contributed by atoms with E-state index in [9.17, 15) is 9.59 Å². The molecule has 1 aliphatic carbocycles. The number of nitrogens with one attached hydrogen (secondary N) is 2. The minimum Gasteiger partial charge on any atom is -0.490 e. The first-order valence-electron chi connectivity index (χ1n) is 12.7. The van der Waals surface area contributed by atoms with Crippen LogP contribution in [0, 0.1) is 12.8 Å². The van der Waals surface area contributed by atoms with Gasteiger partial charge in [0.25, 0.3) is 5.91 Å². The molecular weight excluding hydrogens is 476 g/mol. The van der Waals surface area contributed by atoms with Gasteiger partial charge in [-0.25, -0.2) is 9.78 Å². The number of nitrogens with zero attached hydrogens (tertiary/aromatic N) is 2. The summed E-state index contributed by atoms with van der Waals surface area (Å²) in [5, 5.41) is 6.98. The summed E-state index contributed by atoms with van der Waals surface area (Å²) in [4.78, 5) is 34.1. The van der Waals surface area contributed by atoms with Crippen LogP contribution in [-0.2, 0) is 4.74 Å². The lowest BCUT2D eigenvalue weighted by atomic mass is 10.1. The van der Waals surface area contributed by atoms with Crippen molar-refractivity contribution < 1.29 is 19.1 Å². The third kappa shape index (κ3) is 4.10. The number of urea groups is 1. The molecule has 188 valence electrons. The summed E-state index contributed by atoms with van der Waals surface area (Å²) in [5.74, 6) is 1.11. The first-order chi connectivity index (χ1) is 17.5. The minimum absolute atomic E-state index is 0.141. The van der Waals surface area contributed by atoms with E-state index in [0.29, 0.717) is 16.5 Å². The van der Waals surface area contributed by atoms with Crippen LogP contribution in [0.4, 0.5) is 21.9 Å². The maximum Gasteiger partial charge on any atom is 0.331 e. The van der Waals surface area contributed by atoms with Gasteiger partial charge in [-0.15, -0.1) is 11.3 Å². The Hall–Kier alpha value is -3.17. The predicted octanol–water partition coefficient (Wildman–Crippen LogP) is 5.76. The fourth-order valence-electron chi connectivity index (χ4n) is 5.52. The van der Waals surface area contributed by atoms with E-state index in [0.717, 1.165) is 78.2 Å². The Morgan fingerprint density at radius 1 is 1.19 bits per heavy atom. The number of anilines is 3. The molecule has 1 saturated heterocycles. The van der Waals surface area contributed by atoms with Gasteiger partial charge in [0.2, 0.25) is 0 Å². The standard InChI is InChI=1S/C27H30N4O4S/c1-15-4-3-5-19(15)29-25(32)24-23-22-21(8-11-28-26(22)36-24)31(27(33)30-23)20-7-6-18(14-16(20)2)35-17-9-12-34-13-10-17/h6-8,11,14-15,17,19H,3-5,9-10,12-13H2,1-2H3,(H,29,32)(H,30,33)/t15-,19+/m0/s1.